The predicted molar refractivity (Wildman–Crippen MR) is 187 cm³/mol. The zero-order chi connectivity index (χ0) is 33.9. The van der Waals surface area contributed by atoms with Crippen LogP contribution < -0.4 is 20.5 Å². The van der Waals surface area contributed by atoms with Gasteiger partial charge in [0, 0.05) is 56.8 Å². The molecule has 0 aromatic heterocycles. The number of carbonyl (C=O) groups excluding carboxylic acids is 1. The molecule has 2 bridgehead atoms. The molecule has 9 heteroatoms. The van der Waals surface area contributed by atoms with E-state index >= 15 is 0 Å². The number of aliphatic hydroxyl groups is 2. The molecular formula is C40H44N4O5. The summed E-state index contributed by atoms with van der Waals surface area (Å²) in [6.07, 6.45) is 11.0. The fourth-order valence-corrected chi connectivity index (χ4v) is 7.40. The average Bonchev–Trinajstić information content (AvgIpc) is 3.70. The molecule has 5 heterocycles. The minimum Gasteiger partial charge on any atom is -0.465 e. The normalized spacial score (nSPS) is 23.8. The van der Waals surface area contributed by atoms with Crippen molar-refractivity contribution in [1.29, 1.82) is 0 Å². The number of carbonyl (C=O) groups is 1. The van der Waals surface area contributed by atoms with Crippen LogP contribution in [0.1, 0.15) is 92.0 Å². The summed E-state index contributed by atoms with van der Waals surface area (Å²) in [7, 11) is 0. The molecule has 7 rings (SSSR count). The number of aliphatic hydroxyl groups excluding tert-OH is 2. The second-order valence-electron chi connectivity index (χ2n) is 13.6. The van der Waals surface area contributed by atoms with Crippen molar-refractivity contribution in [1.82, 2.24) is 10.2 Å². The first-order valence-electron chi connectivity index (χ1n) is 17.6. The van der Waals surface area contributed by atoms with Crippen LogP contribution in [0.2, 0.25) is 0 Å². The van der Waals surface area contributed by atoms with Gasteiger partial charge in [0.1, 0.15) is 18.0 Å². The molecule has 9 nitrogen and oxygen atoms in total. The van der Waals surface area contributed by atoms with Gasteiger partial charge in [0.05, 0.1) is 23.9 Å². The molecular weight excluding hydrogens is 616 g/mol. The molecule has 5 N–H and O–H groups in total. The molecule has 0 spiro atoms. The summed E-state index contributed by atoms with van der Waals surface area (Å²) in [5, 5.41) is 25.2. The van der Waals surface area contributed by atoms with Crippen LogP contribution >= 0.6 is 0 Å². The topological polar surface area (TPSA) is 130 Å². The second kappa shape index (κ2) is 14.6. The van der Waals surface area contributed by atoms with Gasteiger partial charge in [-0.25, -0.2) is 0 Å². The zero-order valence-electron chi connectivity index (χ0n) is 28.0. The maximum absolute atomic E-state index is 12.7. The number of nitrogens with two attached hydrogens (primary N) is 1. The molecule has 0 unspecified atom stereocenters. The number of nitrogens with zero attached hydrogens (tertiary/aromatic N) is 2. The van der Waals surface area contributed by atoms with Gasteiger partial charge in [-0.1, -0.05) is 62.1 Å². The number of hydrogen-bond donors (Lipinski definition) is 4. The molecule has 254 valence electrons. The lowest BCUT2D eigenvalue weighted by Gasteiger charge is -2.32. The van der Waals surface area contributed by atoms with Crippen LogP contribution in [0, 0.1) is 29.8 Å². The predicted octanol–water partition coefficient (Wildman–Crippen LogP) is 4.52. The van der Waals surface area contributed by atoms with Crippen LogP contribution in [0.4, 0.5) is 0 Å². The van der Waals surface area contributed by atoms with Crippen LogP contribution in [0.3, 0.4) is 0 Å². The van der Waals surface area contributed by atoms with Crippen molar-refractivity contribution in [3.63, 3.8) is 0 Å². The maximum Gasteiger partial charge on any atom is 0.187 e. The first-order chi connectivity index (χ1) is 23.9. The highest BCUT2D eigenvalue weighted by Gasteiger charge is 2.36. The van der Waals surface area contributed by atoms with Crippen LogP contribution in [0.25, 0.3) is 0 Å². The number of aliphatic imine (C=N–C) groups is 1. The number of unbranched alkanes of at least 4 members (excludes halogenated alkanes) is 2. The van der Waals surface area contributed by atoms with Crippen molar-refractivity contribution in [3.05, 3.63) is 81.2 Å². The smallest absolute Gasteiger partial charge is 0.187 e. The standard InChI is InChI=1S/C40H44N4O5/c1-2-3-4-7-28(45)21-29(46)11-8-25-9-15-37-38(19-25)49-40-26(6-5-18-48-37)10-14-36(47)31-12-13-32-30(16-17-42-39(32)41)33(31)20-27-22-43-35-24-44(40)23-34(27)35/h9,12-13,15,19,22,24,26,28,36,39-40,42,45,47H,2-4,6-8,11,16-17,20-21,23,41H2,1H3/t26-,28+,36-,39+,40+/m0/s1. The second-order valence-corrected chi connectivity index (χ2v) is 13.6. The van der Waals surface area contributed by atoms with E-state index in [9.17, 15) is 15.0 Å². The number of ether oxygens (including phenoxy) is 2. The maximum atomic E-state index is 12.7. The lowest BCUT2D eigenvalue weighted by molar-refractivity contribution is -0.121. The van der Waals surface area contributed by atoms with Crippen LogP contribution in [-0.2, 0) is 24.1 Å². The van der Waals surface area contributed by atoms with Gasteiger partial charge in [-0.05, 0) is 64.8 Å². The number of Topliss-reactive ketones (excluding diaryl/α,β-unsaturated/α-hetero) is 1. The number of aryl methyl sites for hydroxylation is 1. The summed E-state index contributed by atoms with van der Waals surface area (Å²) < 4.78 is 12.6. The van der Waals surface area contributed by atoms with E-state index in [2.05, 4.69) is 41.0 Å². The summed E-state index contributed by atoms with van der Waals surface area (Å²) in [5.74, 6) is 10.3. The van der Waals surface area contributed by atoms with Gasteiger partial charge >= 0.3 is 0 Å². The zero-order valence-corrected chi connectivity index (χ0v) is 28.0. The van der Waals surface area contributed by atoms with Gasteiger partial charge in [0.25, 0.3) is 0 Å². The summed E-state index contributed by atoms with van der Waals surface area (Å²) in [4.78, 5) is 19.6. The summed E-state index contributed by atoms with van der Waals surface area (Å²) in [6, 6.07) is 9.64. The van der Waals surface area contributed by atoms with Crippen molar-refractivity contribution >= 4 is 12.0 Å². The Morgan fingerprint density at radius 2 is 2.04 bits per heavy atom. The van der Waals surface area contributed by atoms with Crippen molar-refractivity contribution in [2.75, 3.05) is 13.1 Å². The largest absolute Gasteiger partial charge is 0.465 e. The van der Waals surface area contributed by atoms with Gasteiger partial charge in [0.15, 0.2) is 17.7 Å². The number of ketones is 1. The Morgan fingerprint density at radius 1 is 1.16 bits per heavy atom. The van der Waals surface area contributed by atoms with Crippen molar-refractivity contribution in [2.45, 2.75) is 95.7 Å². The Labute approximate surface area is 288 Å². The first-order valence-corrected chi connectivity index (χ1v) is 17.6. The molecule has 0 saturated heterocycles. The summed E-state index contributed by atoms with van der Waals surface area (Å²) in [6.45, 7) is 3.49. The SMILES string of the molecule is CCCCC[C@@H](O)CC(=O)CCc1ccc2c(c1)O[C@@H]1[C@H](C#C[C@H](O)c3ccc4c(c3CC3=C5CN1C=C5N=C3)CCN[C@H]4N)CC#CO2. The minimum absolute atomic E-state index is 0.0465. The number of fused-ring (bicyclic) bond motifs is 7. The van der Waals surface area contributed by atoms with E-state index in [-0.39, 0.29) is 18.4 Å². The molecule has 5 aliphatic rings. The van der Waals surface area contributed by atoms with Crippen LogP contribution in [0.15, 0.2) is 58.4 Å². The van der Waals surface area contributed by atoms with Gasteiger partial charge in [-0.3, -0.25) is 15.1 Å². The number of nitrogens with one attached hydrogen (secondary N) is 1. The molecule has 5 aliphatic heterocycles. The van der Waals surface area contributed by atoms with E-state index in [1.165, 1.54) is 5.56 Å². The third-order valence-electron chi connectivity index (χ3n) is 10.1. The van der Waals surface area contributed by atoms with E-state index in [1.54, 1.807) is 0 Å². The minimum atomic E-state index is -1.01. The highest BCUT2D eigenvalue weighted by molar-refractivity contribution is 5.88. The van der Waals surface area contributed by atoms with E-state index < -0.39 is 24.4 Å². The third-order valence-corrected chi connectivity index (χ3v) is 10.1. The first kappa shape index (κ1) is 33.1. The number of rotatable bonds is 9. The molecule has 5 atom stereocenters. The van der Waals surface area contributed by atoms with E-state index in [0.29, 0.717) is 50.1 Å². The van der Waals surface area contributed by atoms with Gasteiger partial charge < -0.3 is 30.3 Å². The van der Waals surface area contributed by atoms with Gasteiger partial charge in [0.2, 0.25) is 0 Å². The van der Waals surface area contributed by atoms with E-state index in [1.807, 2.05) is 42.7 Å². The fraction of sp³-hybridized carbons (Fsp3) is 0.450. The van der Waals surface area contributed by atoms with Crippen LogP contribution in [-0.4, -0.2) is 52.5 Å². The van der Waals surface area contributed by atoms with Crippen molar-refractivity contribution in [3.8, 4) is 35.4 Å². The molecule has 0 saturated carbocycles. The fourth-order valence-electron chi connectivity index (χ4n) is 7.40. The monoisotopic (exact) mass is 660 g/mol. The summed E-state index contributed by atoms with van der Waals surface area (Å²) >= 11 is 0. The van der Waals surface area contributed by atoms with Crippen LogP contribution in [0.5, 0.6) is 11.5 Å². The Balaban J connectivity index is 1.18. The molecule has 0 aliphatic carbocycles. The lowest BCUT2D eigenvalue weighted by Crippen LogP contribution is -2.41. The molecule has 2 aromatic carbocycles. The number of allylic oxidation sites excluding steroid dienone is 1. The third kappa shape index (κ3) is 7.18. The van der Waals surface area contributed by atoms with Gasteiger partial charge in [-0.15, -0.1) is 0 Å². The quantitative estimate of drug-likeness (QED) is 0.228. The van der Waals surface area contributed by atoms with Crippen molar-refractivity contribution in [2.24, 2.45) is 16.6 Å². The van der Waals surface area contributed by atoms with E-state index in [4.69, 9.17) is 20.2 Å². The van der Waals surface area contributed by atoms with Gasteiger partial charge in [-0.2, -0.15) is 0 Å². The summed E-state index contributed by atoms with van der Waals surface area (Å²) in [5.41, 5.74) is 14.6. The number of hydrogen-bond acceptors (Lipinski definition) is 9. The lowest BCUT2D eigenvalue weighted by atomic mass is 9.84. The number of benzene rings is 2. The highest BCUT2D eigenvalue weighted by Crippen LogP contribution is 2.39. The molecule has 2 aromatic rings. The Bertz CT molecular complexity index is 1840. The average molecular weight is 661 g/mol. The van der Waals surface area contributed by atoms with Crippen molar-refractivity contribution < 1.29 is 24.5 Å². The Hall–Kier alpha value is -4.38. The molecule has 0 amide bonds. The molecule has 0 fully saturated rings. The molecule has 49 heavy (non-hydrogen) atoms. The Kier molecular flexibility index (Phi) is 9.89. The Morgan fingerprint density at radius 3 is 2.92 bits per heavy atom. The highest BCUT2D eigenvalue weighted by atomic mass is 16.5. The van der Waals surface area contributed by atoms with E-state index in [0.717, 1.165) is 71.3 Å². The molecule has 0 radical (unpaired) electrons.